The average molecular weight is 314 g/mol. The zero-order valence-electron chi connectivity index (χ0n) is 13.5. The molecule has 1 aliphatic rings. The lowest BCUT2D eigenvalue weighted by Crippen LogP contribution is -2.36. The molecule has 0 radical (unpaired) electrons. The summed E-state index contributed by atoms with van der Waals surface area (Å²) in [4.78, 5) is 12.3. The SMILES string of the molecule is CNC(C(=O)NCCc1ccc2c(c1)CCO2)c1cnn(C)c1. The fourth-order valence-corrected chi connectivity index (χ4v) is 2.87. The van der Waals surface area contributed by atoms with Crippen molar-refractivity contribution in [1.82, 2.24) is 20.4 Å². The van der Waals surface area contributed by atoms with E-state index in [9.17, 15) is 4.79 Å². The average Bonchev–Trinajstić information content (AvgIpc) is 3.16. The van der Waals surface area contributed by atoms with Gasteiger partial charge in [-0.15, -0.1) is 0 Å². The number of hydrogen-bond donors (Lipinski definition) is 2. The summed E-state index contributed by atoms with van der Waals surface area (Å²) >= 11 is 0. The first-order chi connectivity index (χ1) is 11.2. The second-order valence-corrected chi connectivity index (χ2v) is 5.75. The molecule has 1 aromatic carbocycles. The van der Waals surface area contributed by atoms with Gasteiger partial charge in [0.1, 0.15) is 11.8 Å². The van der Waals surface area contributed by atoms with Gasteiger partial charge in [0.25, 0.3) is 0 Å². The van der Waals surface area contributed by atoms with Gasteiger partial charge in [-0.05, 0) is 30.7 Å². The maximum atomic E-state index is 12.3. The van der Waals surface area contributed by atoms with Crippen LogP contribution in [-0.2, 0) is 24.7 Å². The molecular weight excluding hydrogens is 292 g/mol. The molecule has 0 fully saturated rings. The minimum absolute atomic E-state index is 0.0370. The molecule has 23 heavy (non-hydrogen) atoms. The highest BCUT2D eigenvalue weighted by atomic mass is 16.5. The van der Waals surface area contributed by atoms with Gasteiger partial charge >= 0.3 is 0 Å². The Labute approximate surface area is 135 Å². The number of likely N-dealkylation sites (N-methyl/N-ethyl adjacent to an activating group) is 1. The Morgan fingerprint density at radius 3 is 3.09 bits per heavy atom. The number of carbonyl (C=O) groups is 1. The minimum atomic E-state index is -0.378. The second-order valence-electron chi connectivity index (χ2n) is 5.75. The lowest BCUT2D eigenvalue weighted by atomic mass is 10.1. The van der Waals surface area contributed by atoms with Crippen molar-refractivity contribution in [2.75, 3.05) is 20.2 Å². The number of aromatic nitrogens is 2. The Kier molecular flexibility index (Phi) is 4.62. The molecule has 0 spiro atoms. The van der Waals surface area contributed by atoms with Gasteiger partial charge in [0.05, 0.1) is 12.8 Å². The summed E-state index contributed by atoms with van der Waals surface area (Å²) in [6, 6.07) is 5.88. The Morgan fingerprint density at radius 1 is 1.48 bits per heavy atom. The number of rotatable bonds is 6. The largest absolute Gasteiger partial charge is 0.493 e. The molecule has 1 aliphatic heterocycles. The number of nitrogens with one attached hydrogen (secondary N) is 2. The Hall–Kier alpha value is -2.34. The summed E-state index contributed by atoms with van der Waals surface area (Å²) in [5.74, 6) is 0.953. The molecule has 0 saturated carbocycles. The van der Waals surface area contributed by atoms with Gasteiger partial charge in [-0.3, -0.25) is 9.48 Å². The van der Waals surface area contributed by atoms with Gasteiger partial charge in [0.15, 0.2) is 0 Å². The van der Waals surface area contributed by atoms with Crippen LogP contribution in [0.2, 0.25) is 0 Å². The zero-order chi connectivity index (χ0) is 16.2. The second kappa shape index (κ2) is 6.83. The lowest BCUT2D eigenvalue weighted by molar-refractivity contribution is -0.123. The fourth-order valence-electron chi connectivity index (χ4n) is 2.87. The zero-order valence-corrected chi connectivity index (χ0v) is 13.5. The van der Waals surface area contributed by atoms with Crippen LogP contribution in [0.4, 0.5) is 0 Å². The number of hydrogen-bond acceptors (Lipinski definition) is 4. The van der Waals surface area contributed by atoms with E-state index in [4.69, 9.17) is 4.74 Å². The first-order valence-corrected chi connectivity index (χ1v) is 7.85. The summed E-state index contributed by atoms with van der Waals surface area (Å²) < 4.78 is 7.20. The van der Waals surface area contributed by atoms with E-state index in [0.717, 1.165) is 30.8 Å². The maximum Gasteiger partial charge on any atom is 0.241 e. The lowest BCUT2D eigenvalue weighted by Gasteiger charge is -2.14. The van der Waals surface area contributed by atoms with Crippen molar-refractivity contribution in [2.24, 2.45) is 7.05 Å². The van der Waals surface area contributed by atoms with Crippen LogP contribution in [0.3, 0.4) is 0 Å². The van der Waals surface area contributed by atoms with E-state index in [0.29, 0.717) is 6.54 Å². The molecule has 2 heterocycles. The predicted molar refractivity (Wildman–Crippen MR) is 87.4 cm³/mol. The van der Waals surface area contributed by atoms with Crippen LogP contribution in [0, 0.1) is 0 Å². The van der Waals surface area contributed by atoms with E-state index in [1.54, 1.807) is 17.9 Å². The van der Waals surface area contributed by atoms with Crippen molar-refractivity contribution in [2.45, 2.75) is 18.9 Å². The summed E-state index contributed by atoms with van der Waals surface area (Å²) in [5, 5.41) is 10.1. The van der Waals surface area contributed by atoms with Crippen molar-refractivity contribution >= 4 is 5.91 Å². The van der Waals surface area contributed by atoms with E-state index in [1.165, 1.54) is 11.1 Å². The molecule has 0 bridgehead atoms. The Morgan fingerprint density at radius 2 is 2.35 bits per heavy atom. The quantitative estimate of drug-likeness (QED) is 0.834. The fraction of sp³-hybridized carbons (Fsp3) is 0.412. The molecule has 1 atom stereocenters. The first kappa shape index (κ1) is 15.6. The van der Waals surface area contributed by atoms with Crippen molar-refractivity contribution in [3.05, 3.63) is 47.3 Å². The van der Waals surface area contributed by atoms with Crippen molar-refractivity contribution in [3.63, 3.8) is 0 Å². The van der Waals surface area contributed by atoms with Gasteiger partial charge in [0, 0.05) is 31.8 Å². The van der Waals surface area contributed by atoms with Crippen LogP contribution in [-0.4, -0.2) is 35.9 Å². The maximum absolute atomic E-state index is 12.3. The van der Waals surface area contributed by atoms with E-state index < -0.39 is 0 Å². The van der Waals surface area contributed by atoms with Crippen LogP contribution >= 0.6 is 0 Å². The molecule has 6 nitrogen and oxygen atoms in total. The normalized spacial score (nSPS) is 14.2. The molecule has 1 aromatic heterocycles. The Bertz CT molecular complexity index is 696. The van der Waals surface area contributed by atoms with Crippen LogP contribution in [0.5, 0.6) is 5.75 Å². The van der Waals surface area contributed by atoms with E-state index in [2.05, 4.69) is 27.9 Å². The molecule has 2 N–H and O–H groups in total. The summed E-state index contributed by atoms with van der Waals surface area (Å²) in [6.07, 6.45) is 5.34. The smallest absolute Gasteiger partial charge is 0.241 e. The predicted octanol–water partition coefficient (Wildman–Crippen LogP) is 0.974. The van der Waals surface area contributed by atoms with Crippen LogP contribution in [0.1, 0.15) is 22.7 Å². The number of amides is 1. The minimum Gasteiger partial charge on any atom is -0.493 e. The third kappa shape index (κ3) is 3.53. The molecular formula is C17H22N4O2. The third-order valence-corrected chi connectivity index (χ3v) is 4.08. The number of ether oxygens (including phenoxy) is 1. The third-order valence-electron chi connectivity index (χ3n) is 4.08. The van der Waals surface area contributed by atoms with E-state index >= 15 is 0 Å². The summed E-state index contributed by atoms with van der Waals surface area (Å²) in [6.45, 7) is 1.38. The standard InChI is InChI=1S/C17H22N4O2/c1-18-16(14-10-20-21(2)11-14)17(22)19-7-5-12-3-4-15-13(9-12)6-8-23-15/h3-4,9-11,16,18H,5-8H2,1-2H3,(H,19,22). The molecule has 1 unspecified atom stereocenters. The Balaban J connectivity index is 1.54. The highest BCUT2D eigenvalue weighted by molar-refractivity contribution is 5.83. The van der Waals surface area contributed by atoms with E-state index in [-0.39, 0.29) is 11.9 Å². The van der Waals surface area contributed by atoms with E-state index in [1.807, 2.05) is 19.3 Å². The first-order valence-electron chi connectivity index (χ1n) is 7.85. The highest BCUT2D eigenvalue weighted by Crippen LogP contribution is 2.25. The molecule has 0 saturated heterocycles. The van der Waals surface area contributed by atoms with Crippen LogP contribution in [0.25, 0.3) is 0 Å². The molecule has 122 valence electrons. The van der Waals surface area contributed by atoms with Crippen LogP contribution in [0.15, 0.2) is 30.6 Å². The highest BCUT2D eigenvalue weighted by Gasteiger charge is 2.19. The van der Waals surface area contributed by atoms with Gasteiger partial charge < -0.3 is 15.4 Å². The molecule has 1 amide bonds. The number of carbonyl (C=O) groups excluding carboxylic acids is 1. The molecule has 0 aliphatic carbocycles. The summed E-state index contributed by atoms with van der Waals surface area (Å²) in [5.41, 5.74) is 3.34. The van der Waals surface area contributed by atoms with Gasteiger partial charge in [-0.2, -0.15) is 5.10 Å². The monoisotopic (exact) mass is 314 g/mol. The topological polar surface area (TPSA) is 68.2 Å². The number of fused-ring (bicyclic) bond motifs is 1. The molecule has 2 aromatic rings. The van der Waals surface area contributed by atoms with Crippen LogP contribution < -0.4 is 15.4 Å². The van der Waals surface area contributed by atoms with Crippen molar-refractivity contribution in [1.29, 1.82) is 0 Å². The summed E-state index contributed by atoms with van der Waals surface area (Å²) in [7, 11) is 3.61. The number of nitrogens with zero attached hydrogens (tertiary/aromatic N) is 2. The van der Waals surface area contributed by atoms with Gasteiger partial charge in [-0.25, -0.2) is 0 Å². The van der Waals surface area contributed by atoms with Crippen molar-refractivity contribution < 1.29 is 9.53 Å². The number of aryl methyl sites for hydroxylation is 1. The van der Waals surface area contributed by atoms with Crippen molar-refractivity contribution in [3.8, 4) is 5.75 Å². The van der Waals surface area contributed by atoms with Gasteiger partial charge in [0.2, 0.25) is 5.91 Å². The number of benzene rings is 1. The van der Waals surface area contributed by atoms with Gasteiger partial charge in [-0.1, -0.05) is 12.1 Å². The molecule has 3 rings (SSSR count). The molecule has 6 heteroatoms.